The quantitative estimate of drug-likeness (QED) is 0.760. The fourth-order valence-electron chi connectivity index (χ4n) is 2.33. The number of hydrogen-bond acceptors (Lipinski definition) is 4. The lowest BCUT2D eigenvalue weighted by Crippen LogP contribution is -2.42. The molecule has 114 valence electrons. The number of ether oxygens (including phenoxy) is 2. The van der Waals surface area contributed by atoms with Gasteiger partial charge in [-0.2, -0.15) is 0 Å². The van der Waals surface area contributed by atoms with Crippen LogP contribution in [0.1, 0.15) is 18.5 Å². The fourth-order valence-corrected chi connectivity index (χ4v) is 2.58. The Morgan fingerprint density at radius 3 is 2.15 bits per heavy atom. The van der Waals surface area contributed by atoms with Crippen molar-refractivity contribution in [2.45, 2.75) is 19.0 Å². The van der Waals surface area contributed by atoms with Gasteiger partial charge in [0.1, 0.15) is 0 Å². The summed E-state index contributed by atoms with van der Waals surface area (Å²) in [7, 11) is 3.40. The van der Waals surface area contributed by atoms with E-state index in [1.54, 1.807) is 14.2 Å². The first-order chi connectivity index (χ1) is 9.61. The summed E-state index contributed by atoms with van der Waals surface area (Å²) in [6.45, 7) is 4.88. The molecular weight excluding hydrogens is 276 g/mol. The zero-order valence-electron chi connectivity index (χ0n) is 12.5. The third-order valence-corrected chi connectivity index (χ3v) is 3.62. The van der Waals surface area contributed by atoms with E-state index in [1.165, 1.54) is 0 Å². The largest absolute Gasteiger partial charge is 0.383 e. The molecule has 0 amide bonds. The average molecular weight is 301 g/mol. The van der Waals surface area contributed by atoms with Crippen LogP contribution in [-0.2, 0) is 9.47 Å². The SMILES string of the molecule is COCCN(CCOC)C(c1ccccc1Cl)C(C)N. The van der Waals surface area contributed by atoms with Crippen molar-refractivity contribution in [1.29, 1.82) is 0 Å². The molecule has 0 bridgehead atoms. The van der Waals surface area contributed by atoms with E-state index in [4.69, 9.17) is 26.8 Å². The second-order valence-corrected chi connectivity index (χ2v) is 5.25. The summed E-state index contributed by atoms with van der Waals surface area (Å²) in [6.07, 6.45) is 0. The van der Waals surface area contributed by atoms with Crippen LogP contribution >= 0.6 is 11.6 Å². The van der Waals surface area contributed by atoms with E-state index in [-0.39, 0.29) is 12.1 Å². The Balaban J connectivity index is 2.97. The van der Waals surface area contributed by atoms with Gasteiger partial charge in [0.05, 0.1) is 19.3 Å². The summed E-state index contributed by atoms with van der Waals surface area (Å²) in [5.74, 6) is 0. The number of benzene rings is 1. The number of hydrogen-bond donors (Lipinski definition) is 1. The molecule has 0 aliphatic heterocycles. The summed E-state index contributed by atoms with van der Waals surface area (Å²) in [5, 5.41) is 0.745. The van der Waals surface area contributed by atoms with E-state index >= 15 is 0 Å². The van der Waals surface area contributed by atoms with E-state index in [2.05, 4.69) is 4.90 Å². The third-order valence-electron chi connectivity index (χ3n) is 3.28. The standard InChI is InChI=1S/C15H25ClN2O2/c1-12(17)15(13-6-4-5-7-14(13)16)18(8-10-19-2)9-11-20-3/h4-7,12,15H,8-11,17H2,1-3H3. The smallest absolute Gasteiger partial charge is 0.0589 e. The summed E-state index contributed by atoms with van der Waals surface area (Å²) in [4.78, 5) is 2.26. The van der Waals surface area contributed by atoms with Crippen LogP contribution in [0.2, 0.25) is 5.02 Å². The summed E-state index contributed by atoms with van der Waals surface area (Å²) < 4.78 is 10.4. The Morgan fingerprint density at radius 2 is 1.70 bits per heavy atom. The molecular formula is C15H25ClN2O2. The second kappa shape index (κ2) is 9.32. The van der Waals surface area contributed by atoms with Gasteiger partial charge in [0.25, 0.3) is 0 Å². The lowest BCUT2D eigenvalue weighted by molar-refractivity contribution is 0.0801. The van der Waals surface area contributed by atoms with Gasteiger partial charge in [-0.15, -0.1) is 0 Å². The van der Waals surface area contributed by atoms with Gasteiger partial charge < -0.3 is 15.2 Å². The average Bonchev–Trinajstić information content (AvgIpc) is 2.43. The Labute approximate surface area is 126 Å². The highest BCUT2D eigenvalue weighted by atomic mass is 35.5. The van der Waals surface area contributed by atoms with Crippen LogP contribution in [0.3, 0.4) is 0 Å². The monoisotopic (exact) mass is 300 g/mol. The van der Waals surface area contributed by atoms with Crippen molar-refractivity contribution >= 4 is 11.6 Å². The molecule has 20 heavy (non-hydrogen) atoms. The maximum absolute atomic E-state index is 6.33. The Bertz CT molecular complexity index is 380. The molecule has 0 heterocycles. The van der Waals surface area contributed by atoms with Crippen molar-refractivity contribution in [2.75, 3.05) is 40.5 Å². The van der Waals surface area contributed by atoms with Crippen LogP contribution in [0.4, 0.5) is 0 Å². The molecule has 2 unspecified atom stereocenters. The number of methoxy groups -OCH3 is 2. The van der Waals surface area contributed by atoms with Gasteiger partial charge in [-0.1, -0.05) is 29.8 Å². The lowest BCUT2D eigenvalue weighted by atomic mass is 9.99. The fraction of sp³-hybridized carbons (Fsp3) is 0.600. The van der Waals surface area contributed by atoms with E-state index in [0.29, 0.717) is 13.2 Å². The molecule has 1 aromatic carbocycles. The molecule has 1 rings (SSSR count). The third kappa shape index (κ3) is 5.04. The zero-order valence-corrected chi connectivity index (χ0v) is 13.3. The van der Waals surface area contributed by atoms with E-state index in [0.717, 1.165) is 23.7 Å². The van der Waals surface area contributed by atoms with Crippen LogP contribution < -0.4 is 5.73 Å². The minimum Gasteiger partial charge on any atom is -0.383 e. The highest BCUT2D eigenvalue weighted by molar-refractivity contribution is 6.31. The minimum atomic E-state index is -0.0383. The van der Waals surface area contributed by atoms with Crippen molar-refractivity contribution in [3.63, 3.8) is 0 Å². The molecule has 5 heteroatoms. The maximum Gasteiger partial charge on any atom is 0.0589 e. The molecule has 1 aromatic rings. The van der Waals surface area contributed by atoms with E-state index in [1.807, 2.05) is 31.2 Å². The number of nitrogens with zero attached hydrogens (tertiary/aromatic N) is 1. The van der Waals surface area contributed by atoms with E-state index < -0.39 is 0 Å². The van der Waals surface area contributed by atoms with Crippen LogP contribution in [0.25, 0.3) is 0 Å². The van der Waals surface area contributed by atoms with Gasteiger partial charge in [0.2, 0.25) is 0 Å². The van der Waals surface area contributed by atoms with Crippen LogP contribution in [0.15, 0.2) is 24.3 Å². The van der Waals surface area contributed by atoms with Crippen molar-refractivity contribution in [3.05, 3.63) is 34.9 Å². The molecule has 0 saturated heterocycles. The predicted molar refractivity (Wildman–Crippen MR) is 83.2 cm³/mol. The van der Waals surface area contributed by atoms with Gasteiger partial charge in [-0.05, 0) is 18.6 Å². The van der Waals surface area contributed by atoms with Crippen molar-refractivity contribution < 1.29 is 9.47 Å². The number of rotatable bonds is 9. The van der Waals surface area contributed by atoms with Crippen molar-refractivity contribution in [3.8, 4) is 0 Å². The first-order valence-electron chi connectivity index (χ1n) is 6.83. The Kier molecular flexibility index (Phi) is 8.11. The predicted octanol–water partition coefficient (Wildman–Crippen LogP) is 2.32. The molecule has 4 nitrogen and oxygen atoms in total. The second-order valence-electron chi connectivity index (χ2n) is 4.85. The molecule has 0 aliphatic rings. The summed E-state index contributed by atoms with van der Waals surface area (Å²) in [5.41, 5.74) is 7.25. The normalized spacial score (nSPS) is 14.5. The molecule has 0 radical (unpaired) electrons. The Morgan fingerprint density at radius 1 is 1.15 bits per heavy atom. The topological polar surface area (TPSA) is 47.7 Å². The van der Waals surface area contributed by atoms with Gasteiger partial charge in [0, 0.05) is 38.4 Å². The molecule has 0 saturated carbocycles. The van der Waals surface area contributed by atoms with Crippen molar-refractivity contribution in [2.24, 2.45) is 5.73 Å². The molecule has 0 aliphatic carbocycles. The van der Waals surface area contributed by atoms with Crippen LogP contribution in [0.5, 0.6) is 0 Å². The first-order valence-corrected chi connectivity index (χ1v) is 7.21. The van der Waals surface area contributed by atoms with Crippen LogP contribution in [-0.4, -0.2) is 51.5 Å². The van der Waals surface area contributed by atoms with Crippen LogP contribution in [0, 0.1) is 0 Å². The molecule has 2 atom stereocenters. The zero-order chi connectivity index (χ0) is 15.0. The Hall–Kier alpha value is -0.650. The number of halogens is 1. The van der Waals surface area contributed by atoms with Gasteiger partial charge in [0.15, 0.2) is 0 Å². The molecule has 2 N–H and O–H groups in total. The maximum atomic E-state index is 6.33. The lowest BCUT2D eigenvalue weighted by Gasteiger charge is -2.34. The molecule has 0 spiro atoms. The van der Waals surface area contributed by atoms with Gasteiger partial charge >= 0.3 is 0 Å². The minimum absolute atomic E-state index is 0.0383. The first kappa shape index (κ1) is 17.4. The van der Waals surface area contributed by atoms with Gasteiger partial charge in [-0.3, -0.25) is 4.90 Å². The van der Waals surface area contributed by atoms with E-state index in [9.17, 15) is 0 Å². The summed E-state index contributed by atoms with van der Waals surface area (Å²) >= 11 is 6.33. The molecule has 0 fully saturated rings. The highest BCUT2D eigenvalue weighted by Crippen LogP contribution is 2.29. The van der Waals surface area contributed by atoms with Gasteiger partial charge in [-0.25, -0.2) is 0 Å². The van der Waals surface area contributed by atoms with Crippen molar-refractivity contribution in [1.82, 2.24) is 4.90 Å². The molecule has 0 aromatic heterocycles. The highest BCUT2D eigenvalue weighted by Gasteiger charge is 2.25. The number of nitrogens with two attached hydrogens (primary N) is 1. The summed E-state index contributed by atoms with van der Waals surface area (Å²) in [6, 6.07) is 7.86.